The second-order valence-electron chi connectivity index (χ2n) is 4.40. The van der Waals surface area contributed by atoms with Crippen molar-refractivity contribution in [2.75, 3.05) is 18.0 Å². The molecule has 0 aliphatic carbocycles. The fourth-order valence-electron chi connectivity index (χ4n) is 2.14. The number of rotatable bonds is 3. The first-order valence-electron chi connectivity index (χ1n) is 5.91. The number of thiophene rings is 1. The number of anilines is 1. The number of aromatic carboxylic acids is 1. The highest BCUT2D eigenvalue weighted by Gasteiger charge is 2.21. The fraction of sp³-hybridized carbons (Fsp3) is 0.500. The highest BCUT2D eigenvalue weighted by atomic mass is 32.1. The Morgan fingerprint density at radius 3 is 2.56 bits per heavy atom. The summed E-state index contributed by atoms with van der Waals surface area (Å²) in [7, 11) is 0. The highest BCUT2D eigenvalue weighted by molar-refractivity contribution is 7.17. The molecule has 1 amide bonds. The molecule has 1 fully saturated rings. The van der Waals surface area contributed by atoms with E-state index < -0.39 is 5.97 Å². The van der Waals surface area contributed by atoms with E-state index in [1.165, 1.54) is 18.3 Å². The molecule has 98 valence electrons. The van der Waals surface area contributed by atoms with Gasteiger partial charge in [0.25, 0.3) is 0 Å². The minimum atomic E-state index is -0.876. The van der Waals surface area contributed by atoms with Gasteiger partial charge >= 0.3 is 5.97 Å². The van der Waals surface area contributed by atoms with Crippen molar-refractivity contribution >= 4 is 28.2 Å². The van der Waals surface area contributed by atoms with Crippen molar-refractivity contribution in [1.29, 1.82) is 0 Å². The molecule has 2 heterocycles. The van der Waals surface area contributed by atoms with Crippen LogP contribution in [0.25, 0.3) is 0 Å². The second kappa shape index (κ2) is 5.39. The maximum Gasteiger partial charge on any atom is 0.345 e. The fourth-order valence-corrected chi connectivity index (χ4v) is 3.04. The molecule has 2 N–H and O–H groups in total. The van der Waals surface area contributed by atoms with Crippen LogP contribution in [0.4, 0.5) is 5.00 Å². The lowest BCUT2D eigenvalue weighted by Crippen LogP contribution is -2.43. The number of nitrogens with one attached hydrogen (secondary N) is 1. The van der Waals surface area contributed by atoms with Crippen LogP contribution in [0.5, 0.6) is 0 Å². The number of hydrogen-bond acceptors (Lipinski definition) is 4. The van der Waals surface area contributed by atoms with Crippen LogP contribution in [0.3, 0.4) is 0 Å². The van der Waals surface area contributed by atoms with Gasteiger partial charge in [-0.05, 0) is 25.0 Å². The van der Waals surface area contributed by atoms with Crippen LogP contribution < -0.4 is 10.2 Å². The monoisotopic (exact) mass is 268 g/mol. The summed E-state index contributed by atoms with van der Waals surface area (Å²) in [5.41, 5.74) is 0. The third-order valence-corrected chi connectivity index (χ3v) is 4.15. The molecule has 5 nitrogen and oxygen atoms in total. The first-order chi connectivity index (χ1) is 8.56. The van der Waals surface area contributed by atoms with Gasteiger partial charge in [-0.25, -0.2) is 4.79 Å². The summed E-state index contributed by atoms with van der Waals surface area (Å²) in [6.45, 7) is 3.24. The third kappa shape index (κ3) is 3.01. The van der Waals surface area contributed by atoms with Crippen molar-refractivity contribution in [3.05, 3.63) is 17.0 Å². The standard InChI is InChI=1S/C12H16N2O3S/c1-8(15)13-9-4-6-14(7-5-9)11-3-2-10(18-11)12(16)17/h2-3,9H,4-7H2,1H3,(H,13,15)(H,16,17). The Morgan fingerprint density at radius 2 is 2.06 bits per heavy atom. The minimum Gasteiger partial charge on any atom is -0.477 e. The number of carboxylic acid groups (broad SMARTS) is 1. The zero-order chi connectivity index (χ0) is 13.1. The smallest absolute Gasteiger partial charge is 0.345 e. The van der Waals surface area contributed by atoms with E-state index >= 15 is 0 Å². The van der Waals surface area contributed by atoms with Crippen LogP contribution >= 0.6 is 11.3 Å². The predicted octanol–water partition coefficient (Wildman–Crippen LogP) is 1.55. The number of hydrogen-bond donors (Lipinski definition) is 2. The van der Waals surface area contributed by atoms with Gasteiger partial charge in [-0.2, -0.15) is 0 Å². The Kier molecular flexibility index (Phi) is 3.86. The van der Waals surface area contributed by atoms with Crippen molar-refractivity contribution in [2.24, 2.45) is 0 Å². The van der Waals surface area contributed by atoms with E-state index in [1.807, 2.05) is 6.07 Å². The largest absolute Gasteiger partial charge is 0.477 e. The Balaban J connectivity index is 1.92. The molecule has 2 rings (SSSR count). The Hall–Kier alpha value is -1.56. The Bertz CT molecular complexity index is 450. The van der Waals surface area contributed by atoms with Crippen LogP contribution in [0.2, 0.25) is 0 Å². The molecule has 1 aromatic rings. The van der Waals surface area contributed by atoms with E-state index in [9.17, 15) is 9.59 Å². The van der Waals surface area contributed by atoms with Crippen LogP contribution in [0, 0.1) is 0 Å². The van der Waals surface area contributed by atoms with Gasteiger partial charge in [-0.3, -0.25) is 4.79 Å². The van der Waals surface area contributed by atoms with Gasteiger partial charge in [0.05, 0.1) is 5.00 Å². The van der Waals surface area contributed by atoms with Crippen molar-refractivity contribution in [3.63, 3.8) is 0 Å². The summed E-state index contributed by atoms with van der Waals surface area (Å²) >= 11 is 1.30. The lowest BCUT2D eigenvalue weighted by Gasteiger charge is -2.32. The summed E-state index contributed by atoms with van der Waals surface area (Å²) < 4.78 is 0. The number of amides is 1. The molecule has 0 bridgehead atoms. The highest BCUT2D eigenvalue weighted by Crippen LogP contribution is 2.28. The average Bonchev–Trinajstić information content (AvgIpc) is 2.78. The van der Waals surface area contributed by atoms with Gasteiger partial charge in [0.15, 0.2) is 0 Å². The molecule has 0 atom stereocenters. The lowest BCUT2D eigenvalue weighted by atomic mass is 10.1. The normalized spacial score (nSPS) is 16.6. The van der Waals surface area contributed by atoms with Crippen LogP contribution in [-0.4, -0.2) is 36.1 Å². The van der Waals surface area contributed by atoms with Crippen LogP contribution in [0.15, 0.2) is 12.1 Å². The summed E-state index contributed by atoms with van der Waals surface area (Å²) in [5.74, 6) is -0.864. The van der Waals surface area contributed by atoms with Crippen molar-refractivity contribution < 1.29 is 14.7 Å². The van der Waals surface area contributed by atoms with E-state index in [0.717, 1.165) is 30.9 Å². The molecule has 0 aromatic carbocycles. The quantitative estimate of drug-likeness (QED) is 0.872. The van der Waals surface area contributed by atoms with Crippen molar-refractivity contribution in [2.45, 2.75) is 25.8 Å². The number of carboxylic acids is 1. The summed E-state index contributed by atoms with van der Waals surface area (Å²) in [4.78, 5) is 24.3. The molecule has 1 aliphatic heterocycles. The first kappa shape index (κ1) is 12.9. The van der Waals surface area contributed by atoms with Gasteiger partial charge in [-0.15, -0.1) is 11.3 Å². The molecule has 1 saturated heterocycles. The lowest BCUT2D eigenvalue weighted by molar-refractivity contribution is -0.119. The summed E-state index contributed by atoms with van der Waals surface area (Å²) in [6.07, 6.45) is 1.81. The van der Waals surface area contributed by atoms with E-state index in [1.54, 1.807) is 6.07 Å². The maximum absolute atomic E-state index is 11.0. The second-order valence-corrected chi connectivity index (χ2v) is 5.47. The zero-order valence-electron chi connectivity index (χ0n) is 10.2. The first-order valence-corrected chi connectivity index (χ1v) is 6.73. The SMILES string of the molecule is CC(=O)NC1CCN(c2ccc(C(=O)O)s2)CC1. The van der Waals surface area contributed by atoms with E-state index in [2.05, 4.69) is 10.2 Å². The van der Waals surface area contributed by atoms with Gasteiger partial charge in [-0.1, -0.05) is 0 Å². The molecule has 0 radical (unpaired) electrons. The Labute approximate surface area is 109 Å². The molecule has 0 spiro atoms. The molecule has 18 heavy (non-hydrogen) atoms. The van der Waals surface area contributed by atoms with Crippen molar-refractivity contribution in [3.8, 4) is 0 Å². The average molecular weight is 268 g/mol. The van der Waals surface area contributed by atoms with Gasteiger partial charge in [0.1, 0.15) is 4.88 Å². The Morgan fingerprint density at radius 1 is 1.39 bits per heavy atom. The van der Waals surface area contributed by atoms with Gasteiger partial charge in [0.2, 0.25) is 5.91 Å². The molecular formula is C12H16N2O3S. The zero-order valence-corrected chi connectivity index (χ0v) is 11.0. The van der Waals surface area contributed by atoms with E-state index in [4.69, 9.17) is 5.11 Å². The minimum absolute atomic E-state index is 0.0118. The van der Waals surface area contributed by atoms with Gasteiger partial charge < -0.3 is 15.3 Å². The molecular weight excluding hydrogens is 252 g/mol. The van der Waals surface area contributed by atoms with E-state index in [-0.39, 0.29) is 11.9 Å². The number of carbonyl (C=O) groups is 2. The summed E-state index contributed by atoms with van der Waals surface area (Å²) in [5, 5.41) is 12.8. The van der Waals surface area contributed by atoms with Crippen LogP contribution in [-0.2, 0) is 4.79 Å². The molecule has 0 unspecified atom stereocenters. The number of piperidine rings is 1. The topological polar surface area (TPSA) is 69.6 Å². The third-order valence-electron chi connectivity index (χ3n) is 3.02. The maximum atomic E-state index is 11.0. The number of nitrogens with zero attached hydrogens (tertiary/aromatic N) is 1. The molecule has 6 heteroatoms. The van der Waals surface area contributed by atoms with E-state index in [0.29, 0.717) is 4.88 Å². The molecule has 1 aromatic heterocycles. The molecule has 0 saturated carbocycles. The van der Waals surface area contributed by atoms with Crippen molar-refractivity contribution in [1.82, 2.24) is 5.32 Å². The molecule has 1 aliphatic rings. The summed E-state index contributed by atoms with van der Waals surface area (Å²) in [6, 6.07) is 3.74. The van der Waals surface area contributed by atoms with Gasteiger partial charge in [0, 0.05) is 26.1 Å². The van der Waals surface area contributed by atoms with Crippen LogP contribution in [0.1, 0.15) is 29.4 Å². The predicted molar refractivity (Wildman–Crippen MR) is 70.3 cm³/mol. The number of carbonyl (C=O) groups excluding carboxylic acids is 1.